The molecule has 1 amide bonds. The van der Waals surface area contributed by atoms with Crippen molar-refractivity contribution in [1.29, 1.82) is 0 Å². The zero-order valence-corrected chi connectivity index (χ0v) is 20.1. The molecule has 4 rings (SSSR count). The lowest BCUT2D eigenvalue weighted by molar-refractivity contribution is -0.119. The summed E-state index contributed by atoms with van der Waals surface area (Å²) < 4.78 is 34.0. The molecule has 0 atom stereocenters. The van der Waals surface area contributed by atoms with Crippen molar-refractivity contribution in [2.75, 3.05) is 26.4 Å². The second-order valence-corrected chi connectivity index (χ2v) is 9.29. The van der Waals surface area contributed by atoms with Gasteiger partial charge in [-0.05, 0) is 54.8 Å². The normalized spacial score (nSPS) is 14.6. The summed E-state index contributed by atoms with van der Waals surface area (Å²) in [6.07, 6.45) is 0.538. The number of alkyl halides is 2. The quantitative estimate of drug-likeness (QED) is 0.416. The molecule has 7 nitrogen and oxygen atoms in total. The van der Waals surface area contributed by atoms with E-state index in [1.165, 1.54) is 12.1 Å². The maximum atomic E-state index is 13.6. The number of carbonyl (C=O) groups is 1. The number of halogens is 4. The van der Waals surface area contributed by atoms with Gasteiger partial charge in [0.1, 0.15) is 19.1 Å². The van der Waals surface area contributed by atoms with Crippen molar-refractivity contribution in [3.8, 4) is 5.75 Å². The van der Waals surface area contributed by atoms with Crippen LogP contribution in [0.4, 0.5) is 8.78 Å². The minimum Gasteiger partial charge on any atom is -0.485 e. The summed E-state index contributed by atoms with van der Waals surface area (Å²) >= 11 is 12.2. The van der Waals surface area contributed by atoms with Gasteiger partial charge in [-0.15, -0.1) is 0 Å². The van der Waals surface area contributed by atoms with Gasteiger partial charge in [-0.3, -0.25) is 18.7 Å². The number of nitrogens with zero attached hydrogens (tertiary/aromatic N) is 3. The number of likely N-dealkylation sites (tertiary alicyclic amines) is 1. The average Bonchev–Trinajstić information content (AvgIpc) is 2.85. The van der Waals surface area contributed by atoms with Gasteiger partial charge in [-0.25, -0.2) is 13.6 Å². The highest BCUT2D eigenvalue weighted by atomic mass is 35.5. The van der Waals surface area contributed by atoms with Gasteiger partial charge in [-0.1, -0.05) is 23.2 Å². The van der Waals surface area contributed by atoms with E-state index in [0.29, 0.717) is 47.1 Å². The third kappa shape index (κ3) is 5.36. The fourth-order valence-corrected chi connectivity index (χ4v) is 4.93. The first-order chi connectivity index (χ1) is 16.8. The van der Waals surface area contributed by atoms with E-state index in [4.69, 9.17) is 27.9 Å². The third-order valence-electron chi connectivity index (χ3n) is 6.06. The second kappa shape index (κ2) is 10.8. The molecule has 1 fully saturated rings. The van der Waals surface area contributed by atoms with Crippen molar-refractivity contribution in [1.82, 2.24) is 14.0 Å². The Hall–Kier alpha value is -2.91. The Kier molecular flexibility index (Phi) is 7.76. The molecule has 2 aromatic carbocycles. The van der Waals surface area contributed by atoms with Crippen LogP contribution in [0.2, 0.25) is 10.0 Å². The number of fused-ring (bicyclic) bond motifs is 1. The summed E-state index contributed by atoms with van der Waals surface area (Å²) in [6.45, 7) is -1.18. The third-order valence-corrected chi connectivity index (χ3v) is 6.50. The number of rotatable bonds is 8. The standard InChI is InChI=1S/C24H23Cl2F2N3O4/c25-16-7-15(8-17(26)9-16)13-30-23(33)21-10-19(35-20(11-27)12-28)1-2-22(21)31(24(30)34)18-3-5-29(14-32)6-4-18/h1-2,7-10,14,18,20H,3-6,11-13H2. The van der Waals surface area contributed by atoms with Crippen molar-refractivity contribution in [3.05, 3.63) is 72.8 Å². The average molecular weight is 526 g/mol. The Labute approximate surface area is 209 Å². The molecule has 0 bridgehead atoms. The van der Waals surface area contributed by atoms with E-state index in [1.807, 2.05) is 0 Å². The zero-order valence-electron chi connectivity index (χ0n) is 18.6. The number of ether oxygens (including phenoxy) is 1. The lowest BCUT2D eigenvalue weighted by atomic mass is 10.0. The van der Waals surface area contributed by atoms with Crippen molar-refractivity contribution >= 4 is 40.5 Å². The largest absolute Gasteiger partial charge is 0.485 e. The summed E-state index contributed by atoms with van der Waals surface area (Å²) in [5.74, 6) is 0.119. The Bertz CT molecular complexity index is 1330. The van der Waals surface area contributed by atoms with E-state index < -0.39 is 30.7 Å². The van der Waals surface area contributed by atoms with Crippen LogP contribution in [0.1, 0.15) is 24.4 Å². The molecule has 11 heteroatoms. The number of aromatic nitrogens is 2. The molecule has 1 aromatic heterocycles. The van der Waals surface area contributed by atoms with Gasteiger partial charge in [0.15, 0.2) is 6.10 Å². The minimum atomic E-state index is -1.29. The van der Waals surface area contributed by atoms with E-state index in [0.717, 1.165) is 11.0 Å². The Morgan fingerprint density at radius 2 is 1.69 bits per heavy atom. The molecule has 3 aromatic rings. The molecular weight excluding hydrogens is 503 g/mol. The predicted octanol–water partition coefficient (Wildman–Crippen LogP) is 4.00. The lowest BCUT2D eigenvalue weighted by Gasteiger charge is -2.31. The van der Waals surface area contributed by atoms with Crippen molar-refractivity contribution in [3.63, 3.8) is 0 Å². The molecule has 1 saturated heterocycles. The number of amides is 1. The maximum Gasteiger partial charge on any atom is 0.332 e. The van der Waals surface area contributed by atoms with E-state index in [9.17, 15) is 23.2 Å². The smallest absolute Gasteiger partial charge is 0.332 e. The molecule has 0 radical (unpaired) electrons. The number of hydrogen-bond acceptors (Lipinski definition) is 4. The fraction of sp³-hybridized carbons (Fsp3) is 0.375. The molecule has 2 heterocycles. The molecule has 1 aliphatic heterocycles. The van der Waals surface area contributed by atoms with Crippen LogP contribution in [0.25, 0.3) is 10.9 Å². The van der Waals surface area contributed by atoms with E-state index in [-0.39, 0.29) is 23.7 Å². The molecule has 1 aliphatic rings. The first-order valence-corrected chi connectivity index (χ1v) is 11.8. The van der Waals surface area contributed by atoms with Crippen LogP contribution >= 0.6 is 23.2 Å². The Morgan fingerprint density at radius 3 is 2.29 bits per heavy atom. The molecule has 186 valence electrons. The highest BCUT2D eigenvalue weighted by Crippen LogP contribution is 2.26. The molecule has 0 unspecified atom stereocenters. The van der Waals surface area contributed by atoms with Gasteiger partial charge >= 0.3 is 5.69 Å². The highest BCUT2D eigenvalue weighted by Gasteiger charge is 2.25. The van der Waals surface area contributed by atoms with Gasteiger partial charge in [-0.2, -0.15) is 0 Å². The summed E-state index contributed by atoms with van der Waals surface area (Å²) in [7, 11) is 0. The van der Waals surface area contributed by atoms with Crippen LogP contribution in [-0.2, 0) is 11.3 Å². The van der Waals surface area contributed by atoms with Gasteiger partial charge in [0.25, 0.3) is 5.56 Å². The van der Waals surface area contributed by atoms with Crippen LogP contribution in [0.5, 0.6) is 5.75 Å². The van der Waals surface area contributed by atoms with Crippen LogP contribution in [-0.4, -0.2) is 53.0 Å². The van der Waals surface area contributed by atoms with Crippen molar-refractivity contribution in [2.45, 2.75) is 31.5 Å². The lowest BCUT2D eigenvalue weighted by Crippen LogP contribution is -2.44. The number of benzene rings is 2. The second-order valence-electron chi connectivity index (χ2n) is 8.42. The van der Waals surface area contributed by atoms with Crippen LogP contribution in [0, 0.1) is 0 Å². The fourth-order valence-electron chi connectivity index (χ4n) is 4.36. The molecular formula is C24H23Cl2F2N3O4. The summed E-state index contributed by atoms with van der Waals surface area (Å²) in [5, 5.41) is 0.897. The molecule has 0 spiro atoms. The molecule has 0 N–H and O–H groups in total. The van der Waals surface area contributed by atoms with Gasteiger partial charge in [0.05, 0.1) is 17.4 Å². The first kappa shape index (κ1) is 25.2. The SMILES string of the molecule is O=CN1CCC(n2c(=O)n(Cc3cc(Cl)cc(Cl)c3)c(=O)c3cc(OC(CF)CF)ccc32)CC1. The molecule has 0 aliphatic carbocycles. The van der Waals surface area contributed by atoms with Crippen molar-refractivity contribution < 1.29 is 18.3 Å². The van der Waals surface area contributed by atoms with E-state index in [2.05, 4.69) is 0 Å². The monoisotopic (exact) mass is 525 g/mol. The summed E-state index contributed by atoms with van der Waals surface area (Å²) in [6, 6.07) is 8.95. The number of carbonyl (C=O) groups excluding carboxylic acids is 1. The zero-order chi connectivity index (χ0) is 25.1. The van der Waals surface area contributed by atoms with Gasteiger partial charge < -0.3 is 9.64 Å². The Balaban J connectivity index is 1.87. The van der Waals surface area contributed by atoms with Crippen molar-refractivity contribution in [2.24, 2.45) is 0 Å². The Morgan fingerprint density at radius 1 is 1.03 bits per heavy atom. The summed E-state index contributed by atoms with van der Waals surface area (Å²) in [5.41, 5.74) is -0.146. The van der Waals surface area contributed by atoms with Crippen LogP contribution < -0.4 is 16.0 Å². The molecule has 0 saturated carbocycles. The minimum absolute atomic E-state index is 0.0796. The first-order valence-electron chi connectivity index (χ1n) is 11.1. The molecule has 35 heavy (non-hydrogen) atoms. The van der Waals surface area contributed by atoms with Gasteiger partial charge in [0, 0.05) is 29.2 Å². The topological polar surface area (TPSA) is 73.5 Å². The summed E-state index contributed by atoms with van der Waals surface area (Å²) in [4.78, 5) is 39.9. The van der Waals surface area contributed by atoms with Gasteiger partial charge in [0.2, 0.25) is 6.41 Å². The maximum absolute atomic E-state index is 13.6. The van der Waals surface area contributed by atoms with Crippen LogP contribution in [0.15, 0.2) is 46.0 Å². The van der Waals surface area contributed by atoms with E-state index in [1.54, 1.807) is 33.7 Å². The van der Waals surface area contributed by atoms with Crippen LogP contribution in [0.3, 0.4) is 0 Å². The predicted molar refractivity (Wildman–Crippen MR) is 130 cm³/mol. The van der Waals surface area contributed by atoms with E-state index >= 15 is 0 Å². The number of piperidine rings is 1. The number of hydrogen-bond donors (Lipinski definition) is 0. The highest BCUT2D eigenvalue weighted by molar-refractivity contribution is 6.34.